The van der Waals surface area contributed by atoms with Crippen molar-refractivity contribution < 1.29 is 23.8 Å². The van der Waals surface area contributed by atoms with E-state index >= 15 is 0 Å². The Bertz CT molecular complexity index is 811. The van der Waals surface area contributed by atoms with Crippen LogP contribution in [0, 0.1) is 11.8 Å². The molecular formula is C23H28O5. The molecule has 28 heavy (non-hydrogen) atoms. The van der Waals surface area contributed by atoms with Gasteiger partial charge in [-0.05, 0) is 37.5 Å². The highest BCUT2D eigenvalue weighted by molar-refractivity contribution is 5.91. The Morgan fingerprint density at radius 3 is 2.64 bits per heavy atom. The first-order valence-corrected chi connectivity index (χ1v) is 9.68. The number of rotatable bonds is 3. The van der Waals surface area contributed by atoms with E-state index in [1.807, 2.05) is 39.8 Å². The minimum Gasteiger partial charge on any atom is -0.490 e. The number of ether oxygens (including phenoxy) is 3. The summed E-state index contributed by atoms with van der Waals surface area (Å²) in [4.78, 5) is 24.7. The molecule has 0 spiro atoms. The van der Waals surface area contributed by atoms with Crippen molar-refractivity contribution in [2.24, 2.45) is 11.8 Å². The van der Waals surface area contributed by atoms with Crippen LogP contribution in [0.3, 0.4) is 0 Å². The van der Waals surface area contributed by atoms with Gasteiger partial charge in [0.1, 0.15) is 24.1 Å². The van der Waals surface area contributed by atoms with Crippen molar-refractivity contribution in [1.82, 2.24) is 0 Å². The quantitative estimate of drug-likeness (QED) is 0.415. The monoisotopic (exact) mass is 384 g/mol. The SMILES string of the molecule is C=C1OC2CC3=C[C@@H](C/C(C)=C/[C@@H](OC(=O)/C=C(\C)C(C)C)[C@@H]2C1=C)OC3=O. The van der Waals surface area contributed by atoms with Gasteiger partial charge in [0.05, 0.1) is 5.92 Å². The molecule has 1 aliphatic carbocycles. The third kappa shape index (κ3) is 4.13. The van der Waals surface area contributed by atoms with Gasteiger partial charge in [-0.25, -0.2) is 9.59 Å². The van der Waals surface area contributed by atoms with E-state index in [-0.39, 0.29) is 30.0 Å². The largest absolute Gasteiger partial charge is 0.490 e. The summed E-state index contributed by atoms with van der Waals surface area (Å²) < 4.78 is 17.2. The minimum atomic E-state index is -0.548. The first kappa shape index (κ1) is 20.2. The van der Waals surface area contributed by atoms with Gasteiger partial charge in [0.2, 0.25) is 0 Å². The van der Waals surface area contributed by atoms with Crippen LogP contribution < -0.4 is 0 Å². The van der Waals surface area contributed by atoms with E-state index in [2.05, 4.69) is 13.2 Å². The van der Waals surface area contributed by atoms with Gasteiger partial charge in [0.25, 0.3) is 0 Å². The van der Waals surface area contributed by atoms with Crippen molar-refractivity contribution in [3.8, 4) is 0 Å². The molecule has 3 aliphatic rings. The second kappa shape index (κ2) is 7.82. The highest BCUT2D eigenvalue weighted by atomic mass is 16.6. The van der Waals surface area contributed by atoms with E-state index in [0.717, 1.165) is 11.1 Å². The fraction of sp³-hybridized carbons (Fsp3) is 0.478. The summed E-state index contributed by atoms with van der Waals surface area (Å²) in [6.07, 6.45) is 5.05. The molecule has 0 amide bonds. The number of hydrogen-bond acceptors (Lipinski definition) is 5. The third-order valence-electron chi connectivity index (χ3n) is 5.62. The lowest BCUT2D eigenvalue weighted by Crippen LogP contribution is -2.33. The van der Waals surface area contributed by atoms with Crippen LogP contribution in [-0.2, 0) is 23.8 Å². The standard InChI is InChI=1S/C23H28O5/c1-12(2)14(4)9-21(24)28-19-8-13(3)7-18-10-17(23(25)27-18)11-20-22(19)15(5)16(6)26-20/h8-10,12,18-20,22H,5-7,11H2,1-4H3/b13-8+,14-9+/t18-,19-,20?,22+/m1/s1. The lowest BCUT2D eigenvalue weighted by atomic mass is 9.85. The maximum Gasteiger partial charge on any atom is 0.334 e. The van der Waals surface area contributed by atoms with Gasteiger partial charge in [-0.2, -0.15) is 0 Å². The van der Waals surface area contributed by atoms with E-state index in [4.69, 9.17) is 14.2 Å². The molecule has 5 nitrogen and oxygen atoms in total. The van der Waals surface area contributed by atoms with Crippen LogP contribution in [0.15, 0.2) is 59.4 Å². The van der Waals surface area contributed by atoms with Gasteiger partial charge in [-0.15, -0.1) is 0 Å². The lowest BCUT2D eigenvalue weighted by Gasteiger charge is -2.26. The van der Waals surface area contributed by atoms with Gasteiger partial charge >= 0.3 is 11.9 Å². The average molecular weight is 384 g/mol. The van der Waals surface area contributed by atoms with Gasteiger partial charge < -0.3 is 14.2 Å². The molecule has 0 aromatic rings. The van der Waals surface area contributed by atoms with Crippen LogP contribution in [0.25, 0.3) is 0 Å². The summed E-state index contributed by atoms with van der Waals surface area (Å²) in [6.45, 7) is 15.9. The first-order chi connectivity index (χ1) is 13.2. The second-order valence-electron chi connectivity index (χ2n) is 8.13. The van der Waals surface area contributed by atoms with Crippen LogP contribution in [0.1, 0.15) is 40.5 Å². The predicted octanol–water partition coefficient (Wildman–Crippen LogP) is 4.18. The molecule has 0 saturated carbocycles. The Labute approximate surface area is 166 Å². The predicted molar refractivity (Wildman–Crippen MR) is 106 cm³/mol. The normalized spacial score (nSPS) is 32.2. The Morgan fingerprint density at radius 1 is 1.25 bits per heavy atom. The molecule has 5 heteroatoms. The number of allylic oxidation sites excluding steroid dienone is 2. The van der Waals surface area contributed by atoms with Crippen LogP contribution in [-0.4, -0.2) is 30.3 Å². The van der Waals surface area contributed by atoms with Gasteiger partial charge in [-0.1, -0.05) is 38.2 Å². The van der Waals surface area contributed by atoms with Gasteiger partial charge in [0.15, 0.2) is 0 Å². The molecular weight excluding hydrogens is 356 g/mol. The van der Waals surface area contributed by atoms with Crippen LogP contribution >= 0.6 is 0 Å². The molecule has 1 unspecified atom stereocenters. The summed E-state index contributed by atoms with van der Waals surface area (Å²) in [7, 11) is 0. The molecule has 2 heterocycles. The lowest BCUT2D eigenvalue weighted by molar-refractivity contribution is -0.144. The van der Waals surface area contributed by atoms with Crippen molar-refractivity contribution in [2.75, 3.05) is 0 Å². The van der Waals surface area contributed by atoms with Crippen molar-refractivity contribution in [3.05, 3.63) is 59.4 Å². The Balaban J connectivity index is 1.94. The Hall–Kier alpha value is -2.56. The molecule has 0 aromatic carbocycles. The Morgan fingerprint density at radius 2 is 1.96 bits per heavy atom. The molecule has 3 rings (SSSR count). The van der Waals surface area contributed by atoms with Crippen molar-refractivity contribution in [1.29, 1.82) is 0 Å². The number of esters is 2. The van der Waals surface area contributed by atoms with Crippen LogP contribution in [0.5, 0.6) is 0 Å². The molecule has 0 radical (unpaired) electrons. The zero-order valence-corrected chi connectivity index (χ0v) is 17.0. The smallest absolute Gasteiger partial charge is 0.334 e. The fourth-order valence-corrected chi connectivity index (χ4v) is 3.73. The minimum absolute atomic E-state index is 0.261. The summed E-state index contributed by atoms with van der Waals surface area (Å²) in [5.41, 5.74) is 3.22. The number of fused-ring (bicyclic) bond motifs is 2. The van der Waals surface area contributed by atoms with Crippen molar-refractivity contribution in [2.45, 2.75) is 58.8 Å². The van der Waals surface area contributed by atoms with Crippen molar-refractivity contribution in [3.63, 3.8) is 0 Å². The zero-order valence-electron chi connectivity index (χ0n) is 17.0. The van der Waals surface area contributed by atoms with E-state index < -0.39 is 12.1 Å². The molecule has 150 valence electrons. The summed E-state index contributed by atoms with van der Waals surface area (Å²) in [5.74, 6) is -0.272. The first-order valence-electron chi connectivity index (χ1n) is 9.68. The summed E-state index contributed by atoms with van der Waals surface area (Å²) >= 11 is 0. The molecule has 1 saturated heterocycles. The molecule has 1 fully saturated rings. The highest BCUT2D eigenvalue weighted by Gasteiger charge is 2.44. The maximum absolute atomic E-state index is 12.5. The fourth-order valence-electron chi connectivity index (χ4n) is 3.73. The topological polar surface area (TPSA) is 61.8 Å². The molecule has 4 atom stereocenters. The second-order valence-corrected chi connectivity index (χ2v) is 8.13. The molecule has 2 aliphatic heterocycles. The van der Waals surface area contributed by atoms with Gasteiger partial charge in [0, 0.05) is 24.5 Å². The number of hydrogen-bond donors (Lipinski definition) is 0. The highest BCUT2D eigenvalue weighted by Crippen LogP contribution is 2.41. The molecule has 0 aromatic heterocycles. The number of carbonyl (C=O) groups excluding carboxylic acids is 2. The van der Waals surface area contributed by atoms with Gasteiger partial charge in [-0.3, -0.25) is 0 Å². The number of carbonyl (C=O) groups is 2. The zero-order chi connectivity index (χ0) is 20.6. The third-order valence-corrected chi connectivity index (χ3v) is 5.62. The van der Waals surface area contributed by atoms with E-state index in [9.17, 15) is 9.59 Å². The van der Waals surface area contributed by atoms with E-state index in [1.165, 1.54) is 6.08 Å². The van der Waals surface area contributed by atoms with E-state index in [0.29, 0.717) is 29.7 Å². The summed E-state index contributed by atoms with van der Waals surface area (Å²) in [6, 6.07) is 0. The molecule has 2 bridgehead atoms. The maximum atomic E-state index is 12.5. The van der Waals surface area contributed by atoms with Crippen LogP contribution in [0.2, 0.25) is 0 Å². The van der Waals surface area contributed by atoms with Crippen molar-refractivity contribution >= 4 is 11.9 Å². The summed E-state index contributed by atoms with van der Waals surface area (Å²) in [5, 5.41) is 0. The van der Waals surface area contributed by atoms with E-state index in [1.54, 1.807) is 0 Å². The molecule has 0 N–H and O–H groups in total. The Kier molecular flexibility index (Phi) is 5.64. The average Bonchev–Trinajstić information content (AvgIpc) is 3.05. The van der Waals surface area contributed by atoms with Crippen LogP contribution in [0.4, 0.5) is 0 Å².